The van der Waals surface area contributed by atoms with Crippen LogP contribution in [0.2, 0.25) is 0 Å². The Bertz CT molecular complexity index is 868. The molecule has 0 atom stereocenters. The zero-order valence-electron chi connectivity index (χ0n) is 13.2. The standard InChI is InChI=1S/C17H17FN4O/c1-10(2)19-17(23)15-9-16-20-14(8-11(3)22(16)21-15)12-4-6-13(18)7-5-12/h4-10H,1-3H3,(H,19,23). The molecular formula is C17H17FN4O. The van der Waals surface area contributed by atoms with Gasteiger partial charge in [0.1, 0.15) is 5.82 Å². The van der Waals surface area contributed by atoms with Gasteiger partial charge in [-0.3, -0.25) is 4.79 Å². The highest BCUT2D eigenvalue weighted by Gasteiger charge is 2.14. The molecule has 0 aliphatic heterocycles. The van der Waals surface area contributed by atoms with Crippen LogP contribution in [0, 0.1) is 12.7 Å². The normalized spacial score (nSPS) is 11.2. The number of halogens is 1. The van der Waals surface area contributed by atoms with Gasteiger partial charge in [-0.25, -0.2) is 13.9 Å². The van der Waals surface area contributed by atoms with Crippen LogP contribution >= 0.6 is 0 Å². The lowest BCUT2D eigenvalue weighted by Gasteiger charge is -2.05. The molecule has 23 heavy (non-hydrogen) atoms. The predicted molar refractivity (Wildman–Crippen MR) is 85.7 cm³/mol. The summed E-state index contributed by atoms with van der Waals surface area (Å²) >= 11 is 0. The highest BCUT2D eigenvalue weighted by atomic mass is 19.1. The third kappa shape index (κ3) is 3.06. The van der Waals surface area contributed by atoms with E-state index >= 15 is 0 Å². The second-order valence-corrected chi connectivity index (χ2v) is 5.72. The Hall–Kier alpha value is -2.76. The highest BCUT2D eigenvalue weighted by molar-refractivity contribution is 5.93. The van der Waals surface area contributed by atoms with E-state index in [0.717, 1.165) is 11.3 Å². The van der Waals surface area contributed by atoms with Crippen LogP contribution in [-0.4, -0.2) is 26.5 Å². The number of fused-ring (bicyclic) bond motifs is 1. The van der Waals surface area contributed by atoms with Crippen LogP contribution in [0.25, 0.3) is 16.9 Å². The number of carbonyl (C=O) groups is 1. The van der Waals surface area contributed by atoms with E-state index in [-0.39, 0.29) is 17.8 Å². The molecule has 1 N–H and O–H groups in total. The van der Waals surface area contributed by atoms with Crippen LogP contribution < -0.4 is 5.32 Å². The van der Waals surface area contributed by atoms with Crippen LogP contribution in [0.4, 0.5) is 4.39 Å². The van der Waals surface area contributed by atoms with Crippen molar-refractivity contribution in [3.63, 3.8) is 0 Å². The summed E-state index contributed by atoms with van der Waals surface area (Å²) in [5.74, 6) is -0.517. The minimum Gasteiger partial charge on any atom is -0.348 e. The molecule has 2 aromatic heterocycles. The minimum absolute atomic E-state index is 0.0381. The molecule has 0 saturated heterocycles. The zero-order chi connectivity index (χ0) is 16.6. The van der Waals surface area contributed by atoms with E-state index < -0.39 is 0 Å². The van der Waals surface area contributed by atoms with E-state index in [2.05, 4.69) is 15.4 Å². The largest absolute Gasteiger partial charge is 0.348 e. The summed E-state index contributed by atoms with van der Waals surface area (Å²) in [5.41, 5.74) is 3.28. The van der Waals surface area contributed by atoms with Crippen LogP contribution in [0.15, 0.2) is 36.4 Å². The predicted octanol–water partition coefficient (Wildman–Crippen LogP) is 2.98. The summed E-state index contributed by atoms with van der Waals surface area (Å²) in [4.78, 5) is 16.6. The monoisotopic (exact) mass is 312 g/mol. The molecule has 0 saturated carbocycles. The number of hydrogen-bond donors (Lipinski definition) is 1. The summed E-state index contributed by atoms with van der Waals surface area (Å²) in [6.07, 6.45) is 0. The van der Waals surface area contributed by atoms with E-state index in [1.54, 1.807) is 22.7 Å². The van der Waals surface area contributed by atoms with Gasteiger partial charge in [0.2, 0.25) is 0 Å². The number of carbonyl (C=O) groups excluding carboxylic acids is 1. The van der Waals surface area contributed by atoms with Gasteiger partial charge < -0.3 is 5.32 Å². The number of rotatable bonds is 3. The lowest BCUT2D eigenvalue weighted by molar-refractivity contribution is 0.0937. The summed E-state index contributed by atoms with van der Waals surface area (Å²) in [7, 11) is 0. The smallest absolute Gasteiger partial charge is 0.272 e. The first-order valence-electron chi connectivity index (χ1n) is 7.38. The SMILES string of the molecule is Cc1cc(-c2ccc(F)cc2)nc2cc(C(=O)NC(C)C)nn12. The zero-order valence-corrected chi connectivity index (χ0v) is 13.2. The van der Waals surface area contributed by atoms with E-state index in [4.69, 9.17) is 0 Å². The van der Waals surface area contributed by atoms with Crippen molar-refractivity contribution in [2.75, 3.05) is 0 Å². The van der Waals surface area contributed by atoms with Crippen LogP contribution in [0.5, 0.6) is 0 Å². The maximum atomic E-state index is 13.1. The summed E-state index contributed by atoms with van der Waals surface area (Å²) in [6, 6.07) is 9.70. The Morgan fingerprint density at radius 1 is 1.22 bits per heavy atom. The molecule has 0 radical (unpaired) electrons. The van der Waals surface area contributed by atoms with Gasteiger partial charge in [-0.15, -0.1) is 0 Å². The number of nitrogens with one attached hydrogen (secondary N) is 1. The van der Waals surface area contributed by atoms with E-state index in [1.165, 1.54) is 12.1 Å². The first kappa shape index (κ1) is 15.1. The fourth-order valence-electron chi connectivity index (χ4n) is 2.34. The lowest BCUT2D eigenvalue weighted by atomic mass is 10.1. The molecule has 6 heteroatoms. The Labute approximate surface area is 133 Å². The third-order valence-corrected chi connectivity index (χ3v) is 3.40. The van der Waals surface area contributed by atoms with Crippen molar-refractivity contribution in [1.29, 1.82) is 0 Å². The van der Waals surface area contributed by atoms with Crippen LogP contribution in [-0.2, 0) is 0 Å². The summed E-state index contributed by atoms with van der Waals surface area (Å²) in [6.45, 7) is 5.67. The molecule has 2 heterocycles. The number of nitrogens with zero attached hydrogens (tertiary/aromatic N) is 3. The molecule has 1 aromatic carbocycles. The Morgan fingerprint density at radius 2 is 1.91 bits per heavy atom. The molecule has 3 aromatic rings. The third-order valence-electron chi connectivity index (χ3n) is 3.40. The topological polar surface area (TPSA) is 59.3 Å². The van der Waals surface area contributed by atoms with Crippen molar-refractivity contribution < 1.29 is 9.18 Å². The number of benzene rings is 1. The van der Waals surface area contributed by atoms with Gasteiger partial charge in [-0.05, 0) is 51.1 Å². The maximum Gasteiger partial charge on any atom is 0.272 e. The quantitative estimate of drug-likeness (QED) is 0.809. The fraction of sp³-hybridized carbons (Fsp3) is 0.235. The molecule has 0 fully saturated rings. The Morgan fingerprint density at radius 3 is 2.57 bits per heavy atom. The average Bonchev–Trinajstić information content (AvgIpc) is 2.92. The van der Waals surface area contributed by atoms with Gasteiger partial charge in [-0.1, -0.05) is 0 Å². The summed E-state index contributed by atoms with van der Waals surface area (Å²) < 4.78 is 14.7. The second kappa shape index (κ2) is 5.79. The molecule has 0 bridgehead atoms. The van der Waals surface area contributed by atoms with Crippen molar-refractivity contribution >= 4 is 11.6 Å². The molecule has 0 aliphatic rings. The van der Waals surface area contributed by atoms with Crippen LogP contribution in [0.1, 0.15) is 30.0 Å². The second-order valence-electron chi connectivity index (χ2n) is 5.72. The molecule has 0 aliphatic carbocycles. The van der Waals surface area contributed by atoms with Gasteiger partial charge >= 0.3 is 0 Å². The Balaban J connectivity index is 2.04. The first-order chi connectivity index (χ1) is 10.9. The molecule has 1 amide bonds. The fourth-order valence-corrected chi connectivity index (χ4v) is 2.34. The van der Waals surface area contributed by atoms with Gasteiger partial charge in [-0.2, -0.15) is 5.10 Å². The van der Waals surface area contributed by atoms with Gasteiger partial charge in [0.05, 0.1) is 5.69 Å². The molecular weight excluding hydrogens is 295 g/mol. The van der Waals surface area contributed by atoms with E-state index in [0.29, 0.717) is 17.0 Å². The van der Waals surface area contributed by atoms with Gasteiger partial charge in [0, 0.05) is 23.4 Å². The molecule has 0 spiro atoms. The first-order valence-corrected chi connectivity index (χ1v) is 7.38. The average molecular weight is 312 g/mol. The van der Waals surface area contributed by atoms with E-state index in [9.17, 15) is 9.18 Å². The van der Waals surface area contributed by atoms with Crippen molar-refractivity contribution in [3.05, 3.63) is 53.6 Å². The minimum atomic E-state index is -0.288. The van der Waals surface area contributed by atoms with Crippen molar-refractivity contribution in [2.24, 2.45) is 0 Å². The van der Waals surface area contributed by atoms with Crippen molar-refractivity contribution in [2.45, 2.75) is 26.8 Å². The maximum absolute atomic E-state index is 13.1. The van der Waals surface area contributed by atoms with Crippen LogP contribution in [0.3, 0.4) is 0 Å². The van der Waals surface area contributed by atoms with E-state index in [1.807, 2.05) is 26.8 Å². The number of aromatic nitrogens is 3. The number of amides is 1. The highest BCUT2D eigenvalue weighted by Crippen LogP contribution is 2.20. The summed E-state index contributed by atoms with van der Waals surface area (Å²) in [5, 5.41) is 7.10. The Kier molecular flexibility index (Phi) is 3.82. The number of hydrogen-bond acceptors (Lipinski definition) is 3. The molecule has 5 nitrogen and oxygen atoms in total. The van der Waals surface area contributed by atoms with Crippen molar-refractivity contribution in [1.82, 2.24) is 19.9 Å². The van der Waals surface area contributed by atoms with Gasteiger partial charge in [0.15, 0.2) is 11.3 Å². The van der Waals surface area contributed by atoms with Gasteiger partial charge in [0.25, 0.3) is 5.91 Å². The number of aryl methyl sites for hydroxylation is 1. The van der Waals surface area contributed by atoms with Crippen molar-refractivity contribution in [3.8, 4) is 11.3 Å². The molecule has 3 rings (SSSR count). The molecule has 0 unspecified atom stereocenters. The molecule has 118 valence electrons. The lowest BCUT2D eigenvalue weighted by Crippen LogP contribution is -2.30.